The molecule has 2 aromatic heterocycles. The van der Waals surface area contributed by atoms with Crippen LogP contribution in [0.3, 0.4) is 0 Å². The molecule has 3 heteroatoms. The van der Waals surface area contributed by atoms with Gasteiger partial charge in [0.25, 0.3) is 0 Å². The fourth-order valence-corrected chi connectivity index (χ4v) is 4.01. The van der Waals surface area contributed by atoms with Crippen molar-refractivity contribution in [1.29, 1.82) is 0 Å². The zero-order chi connectivity index (χ0) is 18.1. The molecule has 4 aromatic carbocycles. The van der Waals surface area contributed by atoms with E-state index in [9.17, 15) is 0 Å². The zero-order valence-corrected chi connectivity index (χ0v) is 15.0. The number of fused-ring (bicyclic) bond motifs is 7. The second-order valence-electron chi connectivity index (χ2n) is 7.11. The molecule has 0 N–H and O–H groups in total. The van der Waals surface area contributed by atoms with Gasteiger partial charge in [-0.1, -0.05) is 23.8 Å². The Morgan fingerprint density at radius 1 is 0.593 bits per heavy atom. The molecule has 3 nitrogen and oxygen atoms in total. The fourth-order valence-electron chi connectivity index (χ4n) is 4.01. The average Bonchev–Trinajstić information content (AvgIpc) is 3.20. The van der Waals surface area contributed by atoms with E-state index in [-0.39, 0.29) is 0 Å². The van der Waals surface area contributed by atoms with Gasteiger partial charge in [-0.25, -0.2) is 0 Å². The Hall–Kier alpha value is -3.46. The molecule has 0 amide bonds. The first-order valence-corrected chi connectivity index (χ1v) is 8.96. The average molecular weight is 352 g/mol. The van der Waals surface area contributed by atoms with E-state index in [0.717, 1.165) is 49.6 Å². The van der Waals surface area contributed by atoms with Crippen molar-refractivity contribution in [1.82, 2.24) is 0 Å². The van der Waals surface area contributed by atoms with Gasteiger partial charge in [0.05, 0.1) is 7.11 Å². The maximum atomic E-state index is 6.21. The Kier molecular flexibility index (Phi) is 2.74. The third kappa shape index (κ3) is 2.02. The van der Waals surface area contributed by atoms with Crippen LogP contribution in [0.4, 0.5) is 0 Å². The van der Waals surface area contributed by atoms with Crippen molar-refractivity contribution in [3.8, 4) is 5.75 Å². The van der Waals surface area contributed by atoms with Crippen molar-refractivity contribution in [2.24, 2.45) is 0 Å². The molecule has 0 radical (unpaired) electrons. The predicted octanol–water partition coefficient (Wildman–Crippen LogP) is 6.96. The second kappa shape index (κ2) is 5.04. The normalized spacial score (nSPS) is 12.1. The zero-order valence-electron chi connectivity index (χ0n) is 15.0. The van der Waals surface area contributed by atoms with Crippen LogP contribution in [-0.4, -0.2) is 7.11 Å². The molecule has 0 aliphatic heterocycles. The Balaban J connectivity index is 1.72. The Morgan fingerprint density at radius 2 is 1.26 bits per heavy atom. The van der Waals surface area contributed by atoms with Crippen LogP contribution in [0.1, 0.15) is 5.56 Å². The van der Waals surface area contributed by atoms with E-state index in [4.69, 9.17) is 13.6 Å². The quantitative estimate of drug-likeness (QED) is 0.321. The Labute approximate surface area is 154 Å². The molecule has 6 rings (SSSR count). The molecule has 0 saturated carbocycles. The molecule has 0 fully saturated rings. The lowest BCUT2D eigenvalue weighted by Crippen LogP contribution is -1.80. The smallest absolute Gasteiger partial charge is 0.136 e. The van der Waals surface area contributed by atoms with E-state index in [1.54, 1.807) is 7.11 Å². The summed E-state index contributed by atoms with van der Waals surface area (Å²) in [5.74, 6) is 0.816. The highest BCUT2D eigenvalue weighted by atomic mass is 16.5. The van der Waals surface area contributed by atoms with Crippen LogP contribution < -0.4 is 4.74 Å². The Morgan fingerprint density at radius 3 is 2.04 bits per heavy atom. The second-order valence-corrected chi connectivity index (χ2v) is 7.11. The van der Waals surface area contributed by atoms with Crippen LogP contribution in [0.5, 0.6) is 5.75 Å². The first kappa shape index (κ1) is 14.7. The van der Waals surface area contributed by atoms with Crippen molar-refractivity contribution in [3.05, 3.63) is 66.2 Å². The highest BCUT2D eigenvalue weighted by molar-refractivity contribution is 6.16. The molecule has 2 heterocycles. The van der Waals surface area contributed by atoms with E-state index in [1.807, 2.05) is 18.2 Å². The number of benzene rings is 4. The topological polar surface area (TPSA) is 35.5 Å². The molecule has 0 spiro atoms. The molecule has 0 bridgehead atoms. The highest BCUT2D eigenvalue weighted by Crippen LogP contribution is 2.38. The summed E-state index contributed by atoms with van der Waals surface area (Å²) < 4.78 is 17.7. The number of furan rings is 2. The van der Waals surface area contributed by atoms with E-state index in [1.165, 1.54) is 16.3 Å². The minimum Gasteiger partial charge on any atom is -0.497 e. The largest absolute Gasteiger partial charge is 0.497 e. The number of hydrogen-bond acceptors (Lipinski definition) is 3. The van der Waals surface area contributed by atoms with Gasteiger partial charge in [0.15, 0.2) is 0 Å². The van der Waals surface area contributed by atoms with Crippen molar-refractivity contribution >= 4 is 54.6 Å². The third-order valence-electron chi connectivity index (χ3n) is 5.38. The van der Waals surface area contributed by atoms with Gasteiger partial charge in [0.2, 0.25) is 0 Å². The predicted molar refractivity (Wildman–Crippen MR) is 110 cm³/mol. The maximum Gasteiger partial charge on any atom is 0.136 e. The molecule has 0 aliphatic carbocycles. The van der Waals surface area contributed by atoms with Crippen LogP contribution in [0, 0.1) is 6.92 Å². The van der Waals surface area contributed by atoms with Gasteiger partial charge >= 0.3 is 0 Å². The minimum absolute atomic E-state index is 0.816. The van der Waals surface area contributed by atoms with E-state index in [2.05, 4.69) is 49.4 Å². The summed E-state index contributed by atoms with van der Waals surface area (Å²) in [6, 6.07) is 20.8. The van der Waals surface area contributed by atoms with E-state index >= 15 is 0 Å². The first-order chi connectivity index (χ1) is 13.2. The highest BCUT2D eigenvalue weighted by Gasteiger charge is 2.14. The van der Waals surface area contributed by atoms with Crippen LogP contribution in [0.15, 0.2) is 69.5 Å². The molecule has 130 valence electrons. The van der Waals surface area contributed by atoms with E-state index in [0.29, 0.717) is 0 Å². The number of hydrogen-bond donors (Lipinski definition) is 0. The monoisotopic (exact) mass is 352 g/mol. The third-order valence-corrected chi connectivity index (χ3v) is 5.38. The number of ether oxygens (including phenoxy) is 1. The van der Waals surface area contributed by atoms with Gasteiger partial charge in [-0.15, -0.1) is 0 Å². The lowest BCUT2D eigenvalue weighted by molar-refractivity contribution is 0.415. The lowest BCUT2D eigenvalue weighted by atomic mass is 10.0. The van der Waals surface area contributed by atoms with Crippen molar-refractivity contribution in [2.75, 3.05) is 7.11 Å². The summed E-state index contributed by atoms with van der Waals surface area (Å²) in [5, 5.41) is 6.67. The molecule has 0 unspecified atom stereocenters. The maximum absolute atomic E-state index is 6.21. The molecular formula is C24H16O3. The van der Waals surface area contributed by atoms with Crippen molar-refractivity contribution < 1.29 is 13.6 Å². The SMILES string of the molecule is COc1ccc2oc3cc4c(cc3c2c1)oc1cc2cc(C)ccc2cc14. The van der Waals surface area contributed by atoms with E-state index < -0.39 is 0 Å². The summed E-state index contributed by atoms with van der Waals surface area (Å²) in [5.41, 5.74) is 4.73. The minimum atomic E-state index is 0.816. The summed E-state index contributed by atoms with van der Waals surface area (Å²) >= 11 is 0. The van der Waals surface area contributed by atoms with Crippen LogP contribution in [-0.2, 0) is 0 Å². The first-order valence-electron chi connectivity index (χ1n) is 8.96. The van der Waals surface area contributed by atoms with Gasteiger partial charge in [0.1, 0.15) is 28.1 Å². The standard InChI is InChI=1S/C24H16O3/c1-13-3-4-14-8-17-19-11-23-20(12-24(19)27-22(17)9-15(14)7-13)18-10-16(25-2)5-6-21(18)26-23/h3-12H,1-2H3. The lowest BCUT2D eigenvalue weighted by Gasteiger charge is -1.99. The van der Waals surface area contributed by atoms with Gasteiger partial charge in [-0.05, 0) is 60.2 Å². The summed E-state index contributed by atoms with van der Waals surface area (Å²) in [4.78, 5) is 0. The van der Waals surface area contributed by atoms with Crippen molar-refractivity contribution in [3.63, 3.8) is 0 Å². The van der Waals surface area contributed by atoms with Gasteiger partial charge in [-0.3, -0.25) is 0 Å². The molecule has 0 aliphatic rings. The summed E-state index contributed by atoms with van der Waals surface area (Å²) in [6.45, 7) is 2.11. The molecule has 6 aromatic rings. The van der Waals surface area contributed by atoms with Crippen LogP contribution in [0.25, 0.3) is 54.6 Å². The summed E-state index contributed by atoms with van der Waals surface area (Å²) in [7, 11) is 1.67. The fraction of sp³-hybridized carbons (Fsp3) is 0.0833. The van der Waals surface area contributed by atoms with Gasteiger partial charge in [0, 0.05) is 21.5 Å². The summed E-state index contributed by atoms with van der Waals surface area (Å²) in [6.07, 6.45) is 0. The number of rotatable bonds is 1. The molecule has 27 heavy (non-hydrogen) atoms. The van der Waals surface area contributed by atoms with Crippen molar-refractivity contribution in [2.45, 2.75) is 6.92 Å². The number of aryl methyl sites for hydroxylation is 1. The molecule has 0 saturated heterocycles. The van der Waals surface area contributed by atoms with Gasteiger partial charge < -0.3 is 13.6 Å². The molecular weight excluding hydrogens is 336 g/mol. The van der Waals surface area contributed by atoms with Crippen LogP contribution in [0.2, 0.25) is 0 Å². The van der Waals surface area contributed by atoms with Gasteiger partial charge in [-0.2, -0.15) is 0 Å². The van der Waals surface area contributed by atoms with Crippen LogP contribution >= 0.6 is 0 Å². The molecule has 0 atom stereocenters. The number of methoxy groups -OCH3 is 1. The Bertz CT molecular complexity index is 1520.